The van der Waals surface area contributed by atoms with E-state index in [1.165, 1.54) is 31.4 Å². The van der Waals surface area contributed by atoms with Crippen LogP contribution >= 0.6 is 11.8 Å². The summed E-state index contributed by atoms with van der Waals surface area (Å²) in [6.07, 6.45) is 5.66. The lowest BCUT2D eigenvalue weighted by atomic mass is 10.1. The number of carbonyl (C=O) groups is 1. The van der Waals surface area contributed by atoms with Crippen molar-refractivity contribution in [1.82, 2.24) is 25.1 Å². The summed E-state index contributed by atoms with van der Waals surface area (Å²) in [5.41, 5.74) is 1.58. The lowest BCUT2D eigenvalue weighted by Gasteiger charge is -2.28. The standard InChI is InChI=1S/C23H29FN6OS/c1-16(2)32-23-27-21(29-11-4-3-5-12-29)19-15-26-30(22(19)28-23)13-10-25-20(31)14-17-6-8-18(24)9-7-17/h6-9,15-16H,3-5,10-14H2,1-2H3,(H,25,31). The molecule has 170 valence electrons. The molecule has 32 heavy (non-hydrogen) atoms. The Bertz CT molecular complexity index is 1060. The van der Waals surface area contributed by atoms with Crippen LogP contribution < -0.4 is 10.2 Å². The average Bonchev–Trinajstić information content (AvgIpc) is 3.18. The van der Waals surface area contributed by atoms with Crippen LogP contribution in [0.2, 0.25) is 0 Å². The van der Waals surface area contributed by atoms with Gasteiger partial charge in [0.05, 0.1) is 24.5 Å². The number of benzene rings is 1. The Kier molecular flexibility index (Phi) is 7.24. The van der Waals surface area contributed by atoms with Crippen molar-refractivity contribution in [3.63, 3.8) is 0 Å². The number of aromatic nitrogens is 4. The topological polar surface area (TPSA) is 75.9 Å². The summed E-state index contributed by atoms with van der Waals surface area (Å²) in [5, 5.41) is 9.56. The first-order valence-electron chi connectivity index (χ1n) is 11.2. The van der Waals surface area contributed by atoms with E-state index in [0.29, 0.717) is 18.3 Å². The Morgan fingerprint density at radius 3 is 2.62 bits per heavy atom. The van der Waals surface area contributed by atoms with Crippen LogP contribution in [0, 0.1) is 5.82 Å². The van der Waals surface area contributed by atoms with Gasteiger partial charge in [0.15, 0.2) is 10.8 Å². The number of anilines is 1. The maximum absolute atomic E-state index is 13.0. The van der Waals surface area contributed by atoms with E-state index in [0.717, 1.165) is 40.7 Å². The Balaban J connectivity index is 1.47. The van der Waals surface area contributed by atoms with Crippen LogP contribution in [-0.4, -0.2) is 50.5 Å². The third kappa shape index (κ3) is 5.56. The number of nitrogens with zero attached hydrogens (tertiary/aromatic N) is 5. The molecule has 1 N–H and O–H groups in total. The van der Waals surface area contributed by atoms with Gasteiger partial charge in [-0.25, -0.2) is 19.0 Å². The lowest BCUT2D eigenvalue weighted by Crippen LogP contribution is -2.30. The highest BCUT2D eigenvalue weighted by atomic mass is 32.2. The van der Waals surface area contributed by atoms with Crippen LogP contribution in [0.3, 0.4) is 0 Å². The number of thioether (sulfide) groups is 1. The van der Waals surface area contributed by atoms with E-state index in [9.17, 15) is 9.18 Å². The van der Waals surface area contributed by atoms with Crippen LogP contribution in [0.4, 0.5) is 10.2 Å². The molecule has 9 heteroatoms. The molecule has 2 aromatic heterocycles. The van der Waals surface area contributed by atoms with Crippen LogP contribution in [0.25, 0.3) is 11.0 Å². The van der Waals surface area contributed by atoms with E-state index >= 15 is 0 Å². The molecule has 0 aliphatic carbocycles. The summed E-state index contributed by atoms with van der Waals surface area (Å²) in [6.45, 7) is 7.22. The molecule has 1 aromatic carbocycles. The van der Waals surface area contributed by atoms with Crippen LogP contribution in [0.1, 0.15) is 38.7 Å². The van der Waals surface area contributed by atoms with Crippen molar-refractivity contribution in [1.29, 1.82) is 0 Å². The minimum atomic E-state index is -0.305. The Hall–Kier alpha value is -2.68. The summed E-state index contributed by atoms with van der Waals surface area (Å²) < 4.78 is 14.9. The fraction of sp³-hybridized carbons (Fsp3) is 0.478. The molecule has 1 aliphatic heterocycles. The van der Waals surface area contributed by atoms with Crippen molar-refractivity contribution in [2.75, 3.05) is 24.5 Å². The maximum atomic E-state index is 13.0. The SMILES string of the molecule is CC(C)Sc1nc(N2CCCCC2)c2cnn(CCNC(=O)Cc3ccc(F)cc3)c2n1. The number of amides is 1. The van der Waals surface area contributed by atoms with Gasteiger partial charge in [-0.05, 0) is 37.0 Å². The van der Waals surface area contributed by atoms with Gasteiger partial charge in [-0.15, -0.1) is 0 Å². The molecule has 1 saturated heterocycles. The van der Waals surface area contributed by atoms with Gasteiger partial charge in [-0.2, -0.15) is 5.10 Å². The Labute approximate surface area is 191 Å². The van der Waals surface area contributed by atoms with Gasteiger partial charge < -0.3 is 10.2 Å². The Morgan fingerprint density at radius 2 is 1.91 bits per heavy atom. The van der Waals surface area contributed by atoms with Gasteiger partial charge in [-0.3, -0.25) is 4.79 Å². The highest BCUT2D eigenvalue weighted by Gasteiger charge is 2.20. The van der Waals surface area contributed by atoms with Gasteiger partial charge in [-0.1, -0.05) is 37.7 Å². The molecule has 1 amide bonds. The quantitative estimate of drug-likeness (QED) is 0.410. The maximum Gasteiger partial charge on any atom is 0.224 e. The summed E-state index contributed by atoms with van der Waals surface area (Å²) in [6, 6.07) is 5.99. The second-order valence-electron chi connectivity index (χ2n) is 8.30. The summed E-state index contributed by atoms with van der Waals surface area (Å²) >= 11 is 1.65. The fourth-order valence-electron chi connectivity index (χ4n) is 3.85. The van der Waals surface area contributed by atoms with Crippen LogP contribution in [-0.2, 0) is 17.8 Å². The van der Waals surface area contributed by atoms with Gasteiger partial charge in [0.25, 0.3) is 0 Å². The number of rotatable bonds is 8. The number of nitrogens with one attached hydrogen (secondary N) is 1. The molecule has 0 radical (unpaired) electrons. The predicted molar refractivity (Wildman–Crippen MR) is 125 cm³/mol. The third-order valence-electron chi connectivity index (χ3n) is 5.38. The minimum Gasteiger partial charge on any atom is -0.356 e. The molecule has 0 unspecified atom stereocenters. The molecule has 1 fully saturated rings. The highest BCUT2D eigenvalue weighted by molar-refractivity contribution is 7.99. The van der Waals surface area contributed by atoms with Gasteiger partial charge in [0.1, 0.15) is 11.6 Å². The molecule has 1 aliphatic rings. The van der Waals surface area contributed by atoms with Crippen molar-refractivity contribution in [2.24, 2.45) is 0 Å². The van der Waals surface area contributed by atoms with E-state index in [2.05, 4.69) is 29.2 Å². The first-order valence-corrected chi connectivity index (χ1v) is 12.0. The van der Waals surface area contributed by atoms with E-state index in [1.807, 2.05) is 10.9 Å². The first-order chi connectivity index (χ1) is 15.5. The van der Waals surface area contributed by atoms with Crippen molar-refractivity contribution < 1.29 is 9.18 Å². The smallest absolute Gasteiger partial charge is 0.224 e. The summed E-state index contributed by atoms with van der Waals surface area (Å²) in [5.74, 6) is 0.554. The molecular weight excluding hydrogens is 427 g/mol. The van der Waals surface area contributed by atoms with Crippen molar-refractivity contribution in [3.05, 3.63) is 41.8 Å². The van der Waals surface area contributed by atoms with Crippen LogP contribution in [0.5, 0.6) is 0 Å². The number of hydrogen-bond acceptors (Lipinski definition) is 6. The number of hydrogen-bond donors (Lipinski definition) is 1. The van der Waals surface area contributed by atoms with Crippen molar-refractivity contribution in [2.45, 2.75) is 56.5 Å². The van der Waals surface area contributed by atoms with Gasteiger partial charge in [0, 0.05) is 24.9 Å². The molecule has 3 heterocycles. The molecule has 4 rings (SSSR count). The number of halogens is 1. The van der Waals surface area contributed by atoms with Gasteiger partial charge >= 0.3 is 0 Å². The Morgan fingerprint density at radius 1 is 1.16 bits per heavy atom. The predicted octanol–water partition coefficient (Wildman–Crippen LogP) is 3.82. The number of fused-ring (bicyclic) bond motifs is 1. The lowest BCUT2D eigenvalue weighted by molar-refractivity contribution is -0.120. The monoisotopic (exact) mass is 456 g/mol. The zero-order valence-corrected chi connectivity index (χ0v) is 19.4. The van der Waals surface area contributed by atoms with Gasteiger partial charge in [0.2, 0.25) is 5.91 Å². The molecule has 7 nitrogen and oxygen atoms in total. The van der Waals surface area contributed by atoms with Crippen LogP contribution in [0.15, 0.2) is 35.6 Å². The molecular formula is C23H29FN6OS. The van der Waals surface area contributed by atoms with E-state index in [-0.39, 0.29) is 18.1 Å². The summed E-state index contributed by atoms with van der Waals surface area (Å²) in [7, 11) is 0. The summed E-state index contributed by atoms with van der Waals surface area (Å²) in [4.78, 5) is 24.2. The molecule has 0 atom stereocenters. The number of piperidine rings is 1. The first kappa shape index (κ1) is 22.5. The minimum absolute atomic E-state index is 0.104. The normalized spacial score (nSPS) is 14.3. The molecule has 0 saturated carbocycles. The molecule has 0 spiro atoms. The van der Waals surface area contributed by atoms with Crippen molar-refractivity contribution in [3.8, 4) is 0 Å². The average molecular weight is 457 g/mol. The largest absolute Gasteiger partial charge is 0.356 e. The van der Waals surface area contributed by atoms with E-state index < -0.39 is 0 Å². The van der Waals surface area contributed by atoms with E-state index in [4.69, 9.17) is 9.97 Å². The van der Waals surface area contributed by atoms with Crippen molar-refractivity contribution >= 4 is 34.5 Å². The number of carbonyl (C=O) groups excluding carboxylic acids is 1. The molecule has 3 aromatic rings. The second-order valence-corrected chi connectivity index (χ2v) is 9.85. The zero-order valence-electron chi connectivity index (χ0n) is 18.6. The second kappa shape index (κ2) is 10.3. The zero-order chi connectivity index (χ0) is 22.5. The fourth-order valence-corrected chi connectivity index (χ4v) is 4.55. The van der Waals surface area contributed by atoms with E-state index in [1.54, 1.807) is 23.9 Å². The third-order valence-corrected chi connectivity index (χ3v) is 6.24. The highest BCUT2D eigenvalue weighted by Crippen LogP contribution is 2.30. The molecule has 0 bridgehead atoms.